The Kier molecular flexibility index (Phi) is 3.42. The summed E-state index contributed by atoms with van der Waals surface area (Å²) >= 11 is 3.30. The fraction of sp³-hybridized carbons (Fsp3) is 0.364. The third-order valence-corrected chi connectivity index (χ3v) is 3.13. The molecule has 0 spiro atoms. The third kappa shape index (κ3) is 2.82. The minimum Gasteiger partial charge on any atom is -0.481 e. The van der Waals surface area contributed by atoms with Crippen molar-refractivity contribution in [3.05, 3.63) is 28.5 Å². The monoisotopic (exact) mass is 298 g/mol. The van der Waals surface area contributed by atoms with E-state index in [1.54, 1.807) is 17.3 Å². The van der Waals surface area contributed by atoms with Crippen LogP contribution in [0.4, 0.5) is 0 Å². The van der Waals surface area contributed by atoms with Gasteiger partial charge in [0, 0.05) is 36.4 Å². The fourth-order valence-electron chi connectivity index (χ4n) is 1.85. The molecule has 1 aliphatic rings. The van der Waals surface area contributed by atoms with Crippen LogP contribution < -0.4 is 0 Å². The number of hydrogen-bond donors (Lipinski definition) is 1. The number of carboxylic acids is 1. The number of amides is 1. The Hall–Kier alpha value is -1.43. The molecule has 1 saturated heterocycles. The first-order valence-electron chi connectivity index (χ1n) is 5.16. The number of halogens is 1. The molecule has 0 aliphatic carbocycles. The number of pyridine rings is 1. The summed E-state index contributed by atoms with van der Waals surface area (Å²) in [6, 6.07) is 1.87. The molecule has 1 aliphatic heterocycles. The molecule has 17 heavy (non-hydrogen) atoms. The zero-order valence-electron chi connectivity index (χ0n) is 8.97. The highest BCUT2D eigenvalue weighted by Crippen LogP contribution is 2.21. The van der Waals surface area contributed by atoms with Crippen LogP contribution >= 0.6 is 15.9 Å². The summed E-state index contributed by atoms with van der Waals surface area (Å²) in [5.41, 5.74) is 0.888. The molecule has 0 bridgehead atoms. The van der Waals surface area contributed by atoms with Gasteiger partial charge in [-0.2, -0.15) is 0 Å². The molecule has 1 N–H and O–H groups in total. The topological polar surface area (TPSA) is 70.5 Å². The maximum absolute atomic E-state index is 11.6. The van der Waals surface area contributed by atoms with Gasteiger partial charge in [-0.1, -0.05) is 0 Å². The van der Waals surface area contributed by atoms with Crippen LogP contribution in [0.1, 0.15) is 12.0 Å². The number of carbonyl (C=O) groups is 2. The highest BCUT2D eigenvalue weighted by molar-refractivity contribution is 9.10. The maximum Gasteiger partial charge on any atom is 0.308 e. The summed E-state index contributed by atoms with van der Waals surface area (Å²) in [5.74, 6) is -1.60. The number of hydrogen-bond acceptors (Lipinski definition) is 3. The van der Waals surface area contributed by atoms with Crippen LogP contribution in [0.2, 0.25) is 0 Å². The molecule has 1 aromatic heterocycles. The van der Waals surface area contributed by atoms with Crippen molar-refractivity contribution in [3.63, 3.8) is 0 Å². The maximum atomic E-state index is 11.6. The van der Waals surface area contributed by atoms with Gasteiger partial charge in [0.05, 0.1) is 5.92 Å². The van der Waals surface area contributed by atoms with Crippen molar-refractivity contribution in [2.45, 2.75) is 13.0 Å². The lowest BCUT2D eigenvalue weighted by Crippen LogP contribution is -2.25. The summed E-state index contributed by atoms with van der Waals surface area (Å²) in [4.78, 5) is 28.0. The number of carboxylic acid groups (broad SMARTS) is 1. The molecule has 1 atom stereocenters. The number of carbonyl (C=O) groups excluding carboxylic acids is 1. The van der Waals surface area contributed by atoms with Crippen LogP contribution in [0.25, 0.3) is 0 Å². The summed E-state index contributed by atoms with van der Waals surface area (Å²) in [6.07, 6.45) is 3.43. The largest absolute Gasteiger partial charge is 0.481 e. The molecule has 2 heterocycles. The van der Waals surface area contributed by atoms with Crippen LogP contribution in [0.5, 0.6) is 0 Å². The van der Waals surface area contributed by atoms with E-state index in [4.69, 9.17) is 5.11 Å². The second kappa shape index (κ2) is 4.83. The van der Waals surface area contributed by atoms with E-state index < -0.39 is 11.9 Å². The van der Waals surface area contributed by atoms with Gasteiger partial charge in [-0.05, 0) is 27.6 Å². The Balaban J connectivity index is 2.05. The van der Waals surface area contributed by atoms with E-state index >= 15 is 0 Å². The molecule has 90 valence electrons. The zero-order valence-corrected chi connectivity index (χ0v) is 10.6. The number of rotatable bonds is 3. The summed E-state index contributed by atoms with van der Waals surface area (Å²) < 4.78 is 0.844. The van der Waals surface area contributed by atoms with Crippen LogP contribution in [-0.2, 0) is 16.1 Å². The standard InChI is InChI=1S/C11H11BrN2O3/c12-9-1-7(3-13-4-9)5-14-6-8(11(16)17)2-10(14)15/h1,3-4,8H,2,5-6H2,(H,16,17). The molecule has 1 fully saturated rings. The summed E-state index contributed by atoms with van der Waals surface area (Å²) in [7, 11) is 0. The Morgan fingerprint density at radius 3 is 2.94 bits per heavy atom. The fourth-order valence-corrected chi connectivity index (χ4v) is 2.27. The van der Waals surface area contributed by atoms with E-state index in [0.717, 1.165) is 10.0 Å². The summed E-state index contributed by atoms with van der Waals surface area (Å²) in [5, 5.41) is 8.86. The Morgan fingerprint density at radius 2 is 2.35 bits per heavy atom. The van der Waals surface area contributed by atoms with Crippen LogP contribution in [0.15, 0.2) is 22.9 Å². The van der Waals surface area contributed by atoms with Crippen molar-refractivity contribution in [1.29, 1.82) is 0 Å². The lowest BCUT2D eigenvalue weighted by molar-refractivity contribution is -0.141. The highest BCUT2D eigenvalue weighted by atomic mass is 79.9. The molecular weight excluding hydrogens is 288 g/mol. The van der Waals surface area contributed by atoms with Gasteiger partial charge in [0.2, 0.25) is 5.91 Å². The average molecular weight is 299 g/mol. The molecule has 0 radical (unpaired) electrons. The van der Waals surface area contributed by atoms with Crippen molar-refractivity contribution in [3.8, 4) is 0 Å². The van der Waals surface area contributed by atoms with Gasteiger partial charge >= 0.3 is 5.97 Å². The van der Waals surface area contributed by atoms with E-state index in [-0.39, 0.29) is 18.9 Å². The Bertz CT molecular complexity index is 464. The molecule has 1 aromatic rings. The van der Waals surface area contributed by atoms with Gasteiger partial charge in [-0.3, -0.25) is 14.6 Å². The minimum absolute atomic E-state index is 0.0940. The predicted octanol–water partition coefficient (Wildman–Crippen LogP) is 1.28. The van der Waals surface area contributed by atoms with E-state index in [2.05, 4.69) is 20.9 Å². The first kappa shape index (κ1) is 12.0. The number of aliphatic carboxylic acids is 1. The molecule has 5 nitrogen and oxygen atoms in total. The average Bonchev–Trinajstić information content (AvgIpc) is 2.61. The van der Waals surface area contributed by atoms with Gasteiger partial charge in [0.1, 0.15) is 0 Å². The quantitative estimate of drug-likeness (QED) is 0.912. The van der Waals surface area contributed by atoms with E-state index in [1.807, 2.05) is 6.07 Å². The number of likely N-dealkylation sites (tertiary alicyclic amines) is 1. The molecule has 6 heteroatoms. The smallest absolute Gasteiger partial charge is 0.308 e. The van der Waals surface area contributed by atoms with Crippen LogP contribution in [0.3, 0.4) is 0 Å². The molecule has 2 rings (SSSR count). The lowest BCUT2D eigenvalue weighted by atomic mass is 10.1. The number of nitrogens with zero attached hydrogens (tertiary/aromatic N) is 2. The molecule has 1 amide bonds. The third-order valence-electron chi connectivity index (χ3n) is 2.70. The number of aromatic nitrogens is 1. The van der Waals surface area contributed by atoms with Crippen molar-refractivity contribution >= 4 is 27.8 Å². The normalized spacial score (nSPS) is 19.7. The SMILES string of the molecule is O=C(O)C1CC(=O)N(Cc2cncc(Br)c2)C1. The van der Waals surface area contributed by atoms with Gasteiger partial charge in [-0.25, -0.2) is 0 Å². The van der Waals surface area contributed by atoms with Crippen molar-refractivity contribution in [1.82, 2.24) is 9.88 Å². The first-order chi connectivity index (χ1) is 8.06. The molecular formula is C11H11BrN2O3. The molecule has 0 aromatic carbocycles. The first-order valence-corrected chi connectivity index (χ1v) is 5.95. The van der Waals surface area contributed by atoms with Crippen LogP contribution in [0, 0.1) is 5.92 Å². The van der Waals surface area contributed by atoms with Gasteiger partial charge < -0.3 is 10.0 Å². The van der Waals surface area contributed by atoms with E-state index in [0.29, 0.717) is 6.54 Å². The molecule has 0 saturated carbocycles. The van der Waals surface area contributed by atoms with Gasteiger partial charge in [0.15, 0.2) is 0 Å². The van der Waals surface area contributed by atoms with Crippen molar-refractivity contribution in [2.75, 3.05) is 6.54 Å². The Morgan fingerprint density at radius 1 is 1.59 bits per heavy atom. The zero-order chi connectivity index (χ0) is 12.4. The van der Waals surface area contributed by atoms with Crippen LogP contribution in [-0.4, -0.2) is 33.4 Å². The van der Waals surface area contributed by atoms with Crippen molar-refractivity contribution < 1.29 is 14.7 Å². The van der Waals surface area contributed by atoms with Crippen molar-refractivity contribution in [2.24, 2.45) is 5.92 Å². The van der Waals surface area contributed by atoms with Gasteiger partial charge in [-0.15, -0.1) is 0 Å². The predicted molar refractivity (Wildman–Crippen MR) is 63.1 cm³/mol. The second-order valence-corrected chi connectivity index (χ2v) is 4.94. The lowest BCUT2D eigenvalue weighted by Gasteiger charge is -2.15. The molecule has 1 unspecified atom stereocenters. The highest BCUT2D eigenvalue weighted by Gasteiger charge is 2.34. The van der Waals surface area contributed by atoms with E-state index in [9.17, 15) is 9.59 Å². The van der Waals surface area contributed by atoms with E-state index in [1.165, 1.54) is 0 Å². The summed E-state index contributed by atoms with van der Waals surface area (Å²) in [6.45, 7) is 0.690. The Labute approximate surface area is 107 Å². The second-order valence-electron chi connectivity index (χ2n) is 4.02. The minimum atomic E-state index is -0.909. The van der Waals surface area contributed by atoms with Gasteiger partial charge in [0.25, 0.3) is 0 Å².